The second-order valence-electron chi connectivity index (χ2n) is 4.41. The predicted molar refractivity (Wildman–Crippen MR) is 90.8 cm³/mol. The minimum Gasteiger partial charge on any atom is -0.377 e. The summed E-state index contributed by atoms with van der Waals surface area (Å²) >= 11 is 0. The Bertz CT molecular complexity index is 394. The van der Waals surface area contributed by atoms with E-state index >= 15 is 0 Å². The maximum atomic E-state index is 5.78. The number of nitrogens with zero attached hydrogens (tertiary/aromatic N) is 1. The van der Waals surface area contributed by atoms with Gasteiger partial charge in [0.15, 0.2) is 5.96 Å². The van der Waals surface area contributed by atoms with E-state index in [0.717, 1.165) is 5.56 Å². The Morgan fingerprint density at radius 3 is 2.53 bits per heavy atom. The highest BCUT2D eigenvalue weighted by molar-refractivity contribution is 14.0. The topological polar surface area (TPSA) is 59.6 Å². The van der Waals surface area contributed by atoms with Crippen LogP contribution in [0.25, 0.3) is 0 Å². The van der Waals surface area contributed by atoms with Crippen LogP contribution < -0.4 is 11.1 Å². The lowest BCUT2D eigenvalue weighted by Gasteiger charge is -2.10. The molecule has 0 aromatic heterocycles. The number of aliphatic imine (C=N–C) groups is 1. The van der Waals surface area contributed by atoms with Crippen LogP contribution in [0.15, 0.2) is 29.3 Å². The lowest BCUT2D eigenvalue weighted by atomic mass is 10.1. The van der Waals surface area contributed by atoms with Crippen molar-refractivity contribution >= 4 is 29.9 Å². The average molecular weight is 377 g/mol. The van der Waals surface area contributed by atoms with Crippen molar-refractivity contribution in [3.63, 3.8) is 0 Å². The number of guanidine groups is 1. The molecule has 0 radical (unpaired) electrons. The summed E-state index contributed by atoms with van der Waals surface area (Å²) in [7, 11) is 0. The third-order valence-electron chi connectivity index (χ3n) is 2.44. The summed E-state index contributed by atoms with van der Waals surface area (Å²) in [5, 5.41) is 3.07. The normalized spacial score (nSPS) is 11.3. The zero-order valence-electron chi connectivity index (χ0n) is 11.8. The van der Waals surface area contributed by atoms with Crippen LogP contribution in [0.2, 0.25) is 0 Å². The fourth-order valence-corrected chi connectivity index (χ4v) is 1.58. The van der Waals surface area contributed by atoms with Crippen LogP contribution in [0, 0.1) is 0 Å². The van der Waals surface area contributed by atoms with Crippen molar-refractivity contribution in [2.75, 3.05) is 6.61 Å². The van der Waals surface area contributed by atoms with E-state index < -0.39 is 0 Å². The van der Waals surface area contributed by atoms with Crippen molar-refractivity contribution in [2.45, 2.75) is 40.0 Å². The first kappa shape index (κ1) is 18.2. The third-order valence-corrected chi connectivity index (χ3v) is 2.44. The monoisotopic (exact) mass is 377 g/mol. The van der Waals surface area contributed by atoms with Gasteiger partial charge in [0.05, 0.1) is 13.2 Å². The van der Waals surface area contributed by atoms with Crippen LogP contribution in [0.1, 0.15) is 31.9 Å². The zero-order chi connectivity index (χ0) is 13.4. The summed E-state index contributed by atoms with van der Waals surface area (Å²) < 4.78 is 5.44. The van der Waals surface area contributed by atoms with E-state index in [1.165, 1.54) is 5.56 Å². The molecule has 1 aromatic carbocycles. The zero-order valence-corrected chi connectivity index (χ0v) is 14.2. The van der Waals surface area contributed by atoms with Crippen molar-refractivity contribution in [3.8, 4) is 0 Å². The molecule has 0 spiro atoms. The average Bonchev–Trinajstić information content (AvgIpc) is 2.34. The molecular weight excluding hydrogens is 353 g/mol. The van der Waals surface area contributed by atoms with E-state index in [-0.39, 0.29) is 24.0 Å². The van der Waals surface area contributed by atoms with Crippen molar-refractivity contribution in [1.29, 1.82) is 0 Å². The second-order valence-corrected chi connectivity index (χ2v) is 4.41. The second kappa shape index (κ2) is 10.0. The highest BCUT2D eigenvalue weighted by Crippen LogP contribution is 2.11. The Labute approximate surface area is 132 Å². The molecule has 0 unspecified atom stereocenters. The van der Waals surface area contributed by atoms with Gasteiger partial charge in [0, 0.05) is 12.6 Å². The van der Waals surface area contributed by atoms with Crippen molar-refractivity contribution in [1.82, 2.24) is 5.32 Å². The molecule has 3 N–H and O–H groups in total. The smallest absolute Gasteiger partial charge is 0.189 e. The highest BCUT2D eigenvalue weighted by Gasteiger charge is 2.01. The largest absolute Gasteiger partial charge is 0.377 e. The molecule has 0 saturated carbocycles. The fraction of sp³-hybridized carbons (Fsp3) is 0.500. The van der Waals surface area contributed by atoms with Crippen LogP contribution in [0.4, 0.5) is 0 Å². The van der Waals surface area contributed by atoms with Crippen LogP contribution in [0.3, 0.4) is 0 Å². The van der Waals surface area contributed by atoms with E-state index in [1.807, 2.05) is 32.9 Å². The van der Waals surface area contributed by atoms with E-state index in [9.17, 15) is 0 Å². The molecule has 4 nitrogen and oxygen atoms in total. The number of halogens is 1. The first-order valence-corrected chi connectivity index (χ1v) is 6.34. The molecule has 1 aromatic rings. The summed E-state index contributed by atoms with van der Waals surface area (Å²) in [6.45, 7) is 7.98. The van der Waals surface area contributed by atoms with Gasteiger partial charge in [0.25, 0.3) is 0 Å². The molecule has 0 aliphatic rings. The van der Waals surface area contributed by atoms with E-state index in [1.54, 1.807) is 0 Å². The SMILES string of the molecule is CCOCc1ccccc1CN=C(N)NC(C)C.I. The number of benzene rings is 1. The number of hydrogen-bond acceptors (Lipinski definition) is 2. The predicted octanol–water partition coefficient (Wildman–Crippen LogP) is 2.65. The van der Waals surface area contributed by atoms with Crippen molar-refractivity contribution in [3.05, 3.63) is 35.4 Å². The minimum atomic E-state index is 0. The maximum absolute atomic E-state index is 5.78. The lowest BCUT2D eigenvalue weighted by molar-refractivity contribution is 0.133. The van der Waals surface area contributed by atoms with Crippen LogP contribution in [-0.2, 0) is 17.9 Å². The number of nitrogens with two attached hydrogens (primary N) is 1. The molecule has 0 aliphatic heterocycles. The number of nitrogens with one attached hydrogen (secondary N) is 1. The van der Waals surface area contributed by atoms with Crippen LogP contribution in [-0.4, -0.2) is 18.6 Å². The number of rotatable bonds is 6. The highest BCUT2D eigenvalue weighted by atomic mass is 127. The Kier molecular flexibility index (Phi) is 9.59. The van der Waals surface area contributed by atoms with Crippen LogP contribution in [0.5, 0.6) is 0 Å². The van der Waals surface area contributed by atoms with Crippen molar-refractivity contribution < 1.29 is 4.74 Å². The molecule has 0 saturated heterocycles. The summed E-state index contributed by atoms with van der Waals surface area (Å²) in [5.74, 6) is 0.483. The Hall–Kier alpha value is -0.820. The van der Waals surface area contributed by atoms with Gasteiger partial charge in [-0.3, -0.25) is 0 Å². The fourth-order valence-electron chi connectivity index (χ4n) is 1.58. The van der Waals surface area contributed by atoms with Gasteiger partial charge in [-0.15, -0.1) is 24.0 Å². The molecule has 0 atom stereocenters. The Morgan fingerprint density at radius 1 is 1.32 bits per heavy atom. The molecule has 0 fully saturated rings. The molecule has 0 aliphatic carbocycles. The van der Waals surface area contributed by atoms with E-state index in [4.69, 9.17) is 10.5 Å². The standard InChI is InChI=1S/C14H23N3O.HI/c1-4-18-10-13-8-6-5-7-12(13)9-16-14(15)17-11(2)3;/h5-8,11H,4,9-10H2,1-3H3,(H3,15,16,17);1H. The van der Waals surface area contributed by atoms with Gasteiger partial charge in [-0.25, -0.2) is 4.99 Å². The first-order valence-electron chi connectivity index (χ1n) is 6.34. The van der Waals surface area contributed by atoms with E-state index in [0.29, 0.717) is 31.8 Å². The Morgan fingerprint density at radius 2 is 1.95 bits per heavy atom. The molecule has 108 valence electrons. The molecule has 0 amide bonds. The van der Waals surface area contributed by atoms with Gasteiger partial charge in [-0.2, -0.15) is 0 Å². The van der Waals surface area contributed by atoms with Gasteiger partial charge < -0.3 is 15.8 Å². The minimum absolute atomic E-state index is 0. The molecular formula is C14H24IN3O. The molecule has 1 rings (SSSR count). The molecule has 0 bridgehead atoms. The van der Waals surface area contributed by atoms with Gasteiger partial charge in [0.1, 0.15) is 0 Å². The van der Waals surface area contributed by atoms with Gasteiger partial charge >= 0.3 is 0 Å². The summed E-state index contributed by atoms with van der Waals surface area (Å²) in [6.07, 6.45) is 0. The summed E-state index contributed by atoms with van der Waals surface area (Å²) in [4.78, 5) is 4.33. The van der Waals surface area contributed by atoms with Gasteiger partial charge in [-0.05, 0) is 31.9 Å². The quantitative estimate of drug-likeness (QED) is 0.455. The lowest BCUT2D eigenvalue weighted by Crippen LogP contribution is -2.36. The maximum Gasteiger partial charge on any atom is 0.189 e. The molecule has 5 heteroatoms. The summed E-state index contributed by atoms with van der Waals surface area (Å²) in [5.41, 5.74) is 8.10. The van der Waals surface area contributed by atoms with Gasteiger partial charge in [-0.1, -0.05) is 24.3 Å². The third kappa shape index (κ3) is 7.37. The summed E-state index contributed by atoms with van der Waals surface area (Å²) in [6, 6.07) is 8.43. The Balaban J connectivity index is 0.00000324. The van der Waals surface area contributed by atoms with E-state index in [2.05, 4.69) is 22.4 Å². The van der Waals surface area contributed by atoms with Crippen LogP contribution >= 0.6 is 24.0 Å². The van der Waals surface area contributed by atoms with Gasteiger partial charge in [0.2, 0.25) is 0 Å². The number of hydrogen-bond donors (Lipinski definition) is 2. The van der Waals surface area contributed by atoms with Crippen molar-refractivity contribution in [2.24, 2.45) is 10.7 Å². The molecule has 19 heavy (non-hydrogen) atoms. The molecule has 0 heterocycles. The number of ether oxygens (including phenoxy) is 1. The first-order chi connectivity index (χ1) is 8.63.